The van der Waals surface area contributed by atoms with Crippen LogP contribution in [0, 0.1) is 11.3 Å². The average molecular weight is 487 g/mol. The largest absolute Gasteiger partial charge is 0.489 e. The highest BCUT2D eigenvalue weighted by atomic mass is 35.5. The van der Waals surface area contributed by atoms with Crippen molar-refractivity contribution < 1.29 is 9.47 Å². The molecule has 3 aromatic rings. The second kappa shape index (κ2) is 10.2. The van der Waals surface area contributed by atoms with Gasteiger partial charge in [0.2, 0.25) is 5.28 Å². The number of nitriles is 1. The fraction of sp³-hybridized carbons (Fsp3) is 0.208. The molecule has 162 valence electrons. The average Bonchev–Trinajstić information content (AvgIpc) is 2.81. The molecule has 8 heteroatoms. The van der Waals surface area contributed by atoms with E-state index in [0.29, 0.717) is 34.5 Å². The van der Waals surface area contributed by atoms with Crippen molar-refractivity contribution in [1.82, 2.24) is 9.97 Å². The molecule has 0 saturated heterocycles. The molecule has 1 aliphatic carbocycles. The lowest BCUT2D eigenvalue weighted by molar-refractivity contribution is 0.301. The topological polar surface area (TPSA) is 68.0 Å². The molecule has 32 heavy (non-hydrogen) atoms. The SMILES string of the molecule is N#Cc1cc(C2=CCCc3cc(OCc4ccnc(Cl)n4)ccc32)cc(Cl)c1OCCCl. The highest BCUT2D eigenvalue weighted by molar-refractivity contribution is 6.32. The fourth-order valence-electron chi connectivity index (χ4n) is 3.61. The van der Waals surface area contributed by atoms with E-state index in [9.17, 15) is 5.26 Å². The van der Waals surface area contributed by atoms with E-state index in [1.165, 1.54) is 0 Å². The summed E-state index contributed by atoms with van der Waals surface area (Å²) in [5.41, 5.74) is 5.24. The minimum Gasteiger partial charge on any atom is -0.489 e. The molecular weight excluding hydrogens is 469 g/mol. The van der Waals surface area contributed by atoms with Crippen molar-refractivity contribution in [2.75, 3.05) is 12.5 Å². The van der Waals surface area contributed by atoms with Gasteiger partial charge >= 0.3 is 0 Å². The minimum atomic E-state index is 0.195. The van der Waals surface area contributed by atoms with Crippen LogP contribution in [0.25, 0.3) is 5.57 Å². The van der Waals surface area contributed by atoms with E-state index in [2.05, 4.69) is 22.1 Å². The Morgan fingerprint density at radius 2 is 1.97 bits per heavy atom. The van der Waals surface area contributed by atoms with Gasteiger partial charge in [-0.15, -0.1) is 11.6 Å². The van der Waals surface area contributed by atoms with Crippen molar-refractivity contribution in [3.8, 4) is 17.6 Å². The highest BCUT2D eigenvalue weighted by Gasteiger charge is 2.19. The Bertz CT molecular complexity index is 1220. The Morgan fingerprint density at radius 1 is 1.09 bits per heavy atom. The molecule has 0 fully saturated rings. The summed E-state index contributed by atoms with van der Waals surface area (Å²) in [6, 6.07) is 13.6. The molecule has 0 amide bonds. The first-order chi connectivity index (χ1) is 15.6. The third kappa shape index (κ3) is 4.99. The van der Waals surface area contributed by atoms with E-state index in [4.69, 9.17) is 44.3 Å². The van der Waals surface area contributed by atoms with E-state index in [1.54, 1.807) is 18.3 Å². The molecule has 0 bridgehead atoms. The third-order valence-electron chi connectivity index (χ3n) is 5.00. The van der Waals surface area contributed by atoms with Crippen LogP contribution in [0.2, 0.25) is 10.3 Å². The Labute approximate surface area is 201 Å². The van der Waals surface area contributed by atoms with Gasteiger partial charge in [0.25, 0.3) is 0 Å². The molecule has 0 N–H and O–H groups in total. The summed E-state index contributed by atoms with van der Waals surface area (Å²) in [7, 11) is 0. The standard InChI is InChI=1S/C24H18Cl3N3O2/c25-7-9-31-23-17(13-28)10-16(12-22(23)26)20-3-1-2-15-11-19(4-5-21(15)20)32-14-18-6-8-29-24(27)30-18/h3-6,8,10-12H,1-2,7,9,14H2. The lowest BCUT2D eigenvalue weighted by Crippen LogP contribution is -2.05. The van der Waals surface area contributed by atoms with Crippen molar-refractivity contribution in [2.45, 2.75) is 19.4 Å². The first-order valence-electron chi connectivity index (χ1n) is 9.95. The maximum atomic E-state index is 9.59. The van der Waals surface area contributed by atoms with Gasteiger partial charge in [-0.2, -0.15) is 5.26 Å². The zero-order valence-corrected chi connectivity index (χ0v) is 19.2. The first-order valence-corrected chi connectivity index (χ1v) is 11.2. The van der Waals surface area contributed by atoms with Gasteiger partial charge < -0.3 is 9.47 Å². The maximum Gasteiger partial charge on any atom is 0.222 e. The summed E-state index contributed by atoms with van der Waals surface area (Å²) in [5.74, 6) is 1.43. The third-order valence-corrected chi connectivity index (χ3v) is 5.62. The lowest BCUT2D eigenvalue weighted by Gasteiger charge is -2.20. The molecule has 0 saturated carbocycles. The predicted octanol–water partition coefficient (Wildman–Crippen LogP) is 6.23. The van der Waals surface area contributed by atoms with Gasteiger partial charge in [0.1, 0.15) is 25.0 Å². The molecule has 0 radical (unpaired) electrons. The molecule has 1 heterocycles. The number of aryl methyl sites for hydroxylation is 1. The first kappa shape index (κ1) is 22.4. The van der Waals surface area contributed by atoms with Crippen LogP contribution >= 0.6 is 34.8 Å². The summed E-state index contributed by atoms with van der Waals surface area (Å²) < 4.78 is 11.5. The summed E-state index contributed by atoms with van der Waals surface area (Å²) in [4.78, 5) is 8.02. The summed E-state index contributed by atoms with van der Waals surface area (Å²) >= 11 is 18.0. The van der Waals surface area contributed by atoms with Gasteiger partial charge in [0.05, 0.1) is 22.2 Å². The minimum absolute atomic E-state index is 0.195. The molecule has 2 aromatic carbocycles. The Kier molecular flexibility index (Phi) is 7.16. The number of hydrogen-bond acceptors (Lipinski definition) is 5. The highest BCUT2D eigenvalue weighted by Crippen LogP contribution is 2.38. The summed E-state index contributed by atoms with van der Waals surface area (Å²) in [6.45, 7) is 0.583. The number of benzene rings is 2. The second-order valence-corrected chi connectivity index (χ2v) is 8.19. The number of aromatic nitrogens is 2. The number of nitrogens with zero attached hydrogens (tertiary/aromatic N) is 3. The van der Waals surface area contributed by atoms with Gasteiger partial charge in [-0.05, 0) is 77.0 Å². The fourth-order valence-corrected chi connectivity index (χ4v) is 4.13. The molecular formula is C24H18Cl3N3O2. The van der Waals surface area contributed by atoms with Gasteiger partial charge in [-0.1, -0.05) is 23.7 Å². The van der Waals surface area contributed by atoms with Gasteiger partial charge in [-0.3, -0.25) is 0 Å². The van der Waals surface area contributed by atoms with E-state index in [0.717, 1.165) is 40.9 Å². The second-order valence-electron chi connectivity index (χ2n) is 7.07. The van der Waals surface area contributed by atoms with Crippen molar-refractivity contribution in [3.63, 3.8) is 0 Å². The van der Waals surface area contributed by atoms with Crippen LogP contribution < -0.4 is 9.47 Å². The maximum absolute atomic E-state index is 9.59. The van der Waals surface area contributed by atoms with Crippen LogP contribution in [0.5, 0.6) is 11.5 Å². The Morgan fingerprint density at radius 3 is 2.75 bits per heavy atom. The normalized spacial score (nSPS) is 12.5. The van der Waals surface area contributed by atoms with Crippen LogP contribution in [0.15, 0.2) is 48.7 Å². The smallest absolute Gasteiger partial charge is 0.222 e. The molecule has 0 aliphatic heterocycles. The molecule has 0 unspecified atom stereocenters. The Hall–Kier alpha value is -2.78. The van der Waals surface area contributed by atoms with Crippen molar-refractivity contribution in [3.05, 3.63) is 86.9 Å². The van der Waals surface area contributed by atoms with E-state index in [-0.39, 0.29) is 11.9 Å². The zero-order valence-electron chi connectivity index (χ0n) is 16.9. The van der Waals surface area contributed by atoms with Crippen LogP contribution in [0.1, 0.15) is 34.4 Å². The van der Waals surface area contributed by atoms with E-state index in [1.807, 2.05) is 24.3 Å². The molecule has 4 rings (SSSR count). The van der Waals surface area contributed by atoms with E-state index < -0.39 is 0 Å². The number of fused-ring (bicyclic) bond motifs is 1. The zero-order chi connectivity index (χ0) is 22.5. The van der Waals surface area contributed by atoms with Crippen LogP contribution in [-0.2, 0) is 13.0 Å². The summed E-state index contributed by atoms with van der Waals surface area (Å²) in [5, 5.41) is 10.2. The van der Waals surface area contributed by atoms with E-state index >= 15 is 0 Å². The molecule has 5 nitrogen and oxygen atoms in total. The van der Waals surface area contributed by atoms with Gasteiger partial charge in [0.15, 0.2) is 5.75 Å². The Balaban J connectivity index is 1.59. The molecule has 0 spiro atoms. The summed E-state index contributed by atoms with van der Waals surface area (Å²) in [6.07, 6.45) is 5.53. The number of ether oxygens (including phenoxy) is 2. The monoisotopic (exact) mass is 485 g/mol. The predicted molar refractivity (Wildman–Crippen MR) is 126 cm³/mol. The van der Waals surface area contributed by atoms with Gasteiger partial charge in [-0.25, -0.2) is 9.97 Å². The van der Waals surface area contributed by atoms with Crippen molar-refractivity contribution in [2.24, 2.45) is 0 Å². The van der Waals surface area contributed by atoms with Gasteiger partial charge in [0, 0.05) is 6.20 Å². The number of halogens is 3. The number of rotatable bonds is 7. The molecule has 0 atom stereocenters. The molecule has 1 aromatic heterocycles. The van der Waals surface area contributed by atoms with Crippen molar-refractivity contribution >= 4 is 40.4 Å². The lowest BCUT2D eigenvalue weighted by atomic mass is 9.86. The van der Waals surface area contributed by atoms with Crippen LogP contribution in [0.4, 0.5) is 0 Å². The van der Waals surface area contributed by atoms with Crippen LogP contribution in [0.3, 0.4) is 0 Å². The van der Waals surface area contributed by atoms with Crippen LogP contribution in [-0.4, -0.2) is 22.5 Å². The number of hydrogen-bond donors (Lipinski definition) is 0. The molecule has 1 aliphatic rings. The van der Waals surface area contributed by atoms with Crippen molar-refractivity contribution in [1.29, 1.82) is 5.26 Å². The number of alkyl halides is 1. The quantitative estimate of drug-likeness (QED) is 0.292. The number of allylic oxidation sites excluding steroid dienone is 1.